The second-order valence-corrected chi connectivity index (χ2v) is 5.78. The number of aryl methyl sites for hydroxylation is 1. The molecule has 0 saturated carbocycles. The van der Waals surface area contributed by atoms with Gasteiger partial charge in [-0.3, -0.25) is 0 Å². The Morgan fingerprint density at radius 2 is 2.32 bits per heavy atom. The van der Waals surface area contributed by atoms with Crippen LogP contribution in [-0.2, 0) is 4.74 Å². The molecule has 2 heterocycles. The molecule has 1 aromatic rings. The number of halogens is 1. The van der Waals surface area contributed by atoms with Gasteiger partial charge in [0.2, 0.25) is 5.89 Å². The van der Waals surface area contributed by atoms with E-state index in [0.29, 0.717) is 44.6 Å². The second-order valence-electron chi connectivity index (χ2n) is 5.78. The van der Waals surface area contributed by atoms with Crippen molar-refractivity contribution in [2.24, 2.45) is 0 Å². The van der Waals surface area contributed by atoms with Crippen LogP contribution in [0.2, 0.25) is 0 Å². The lowest BCUT2D eigenvalue weighted by molar-refractivity contribution is 0.0247. The number of hydrogen-bond acceptors (Lipinski definition) is 7. The molecule has 1 aliphatic rings. The van der Waals surface area contributed by atoms with Crippen LogP contribution < -0.4 is 4.90 Å². The Morgan fingerprint density at radius 3 is 2.95 bits per heavy atom. The van der Waals surface area contributed by atoms with Crippen LogP contribution >= 0.6 is 0 Å². The van der Waals surface area contributed by atoms with Gasteiger partial charge in [-0.1, -0.05) is 5.10 Å². The summed E-state index contributed by atoms with van der Waals surface area (Å²) < 4.78 is 24.4. The number of ether oxygens (including phenoxy) is 1. The van der Waals surface area contributed by atoms with E-state index in [9.17, 15) is 9.50 Å². The quantitative estimate of drug-likeness (QED) is 0.753. The van der Waals surface area contributed by atoms with E-state index in [1.165, 1.54) is 0 Å². The first-order valence-corrected chi connectivity index (χ1v) is 7.64. The van der Waals surface area contributed by atoms with Gasteiger partial charge in [-0.25, -0.2) is 4.39 Å². The van der Waals surface area contributed by atoms with Gasteiger partial charge in [0, 0.05) is 39.1 Å². The first-order chi connectivity index (χ1) is 10.5. The molecule has 1 N–H and O–H groups in total. The van der Waals surface area contributed by atoms with Gasteiger partial charge in [0.1, 0.15) is 6.17 Å². The van der Waals surface area contributed by atoms with Crippen LogP contribution in [0.1, 0.15) is 19.2 Å². The summed E-state index contributed by atoms with van der Waals surface area (Å²) in [5, 5.41) is 17.6. The summed E-state index contributed by atoms with van der Waals surface area (Å²) in [6, 6.07) is 0.324. The zero-order valence-corrected chi connectivity index (χ0v) is 13.4. The van der Waals surface area contributed by atoms with Crippen LogP contribution in [0.5, 0.6) is 0 Å². The number of rotatable bonds is 8. The van der Waals surface area contributed by atoms with Gasteiger partial charge in [-0.2, -0.15) is 0 Å². The number of anilines is 1. The highest BCUT2D eigenvalue weighted by molar-refractivity contribution is 5.30. The third-order valence-electron chi connectivity index (χ3n) is 3.68. The van der Waals surface area contributed by atoms with Gasteiger partial charge in [0.15, 0.2) is 0 Å². The lowest BCUT2D eigenvalue weighted by atomic mass is 10.2. The molecule has 126 valence electrons. The van der Waals surface area contributed by atoms with Crippen molar-refractivity contribution in [1.82, 2.24) is 15.1 Å². The number of aliphatic hydroxyl groups excluding tert-OH is 1. The van der Waals surface area contributed by atoms with Crippen molar-refractivity contribution < 1.29 is 18.7 Å². The summed E-state index contributed by atoms with van der Waals surface area (Å²) in [7, 11) is 1.90. The summed E-state index contributed by atoms with van der Waals surface area (Å²) in [4.78, 5) is 3.79. The maximum Gasteiger partial charge on any atom is 0.318 e. The van der Waals surface area contributed by atoms with Gasteiger partial charge in [0.05, 0.1) is 19.3 Å². The Bertz CT molecular complexity index is 459. The van der Waals surface area contributed by atoms with Crippen LogP contribution in [0.15, 0.2) is 4.42 Å². The lowest BCUT2D eigenvalue weighted by Gasteiger charge is -2.28. The standard InChI is InChI=1S/C14H25FN4O3/c1-4-21-9-13(20)8-18(3)7-12-5-11(15)6-19(12)14-17-16-10(2)22-14/h11-13,20H,4-9H2,1-3H3/t11-,12-,13-/m0/s1. The highest BCUT2D eigenvalue weighted by atomic mass is 19.1. The van der Waals surface area contributed by atoms with E-state index in [2.05, 4.69) is 10.2 Å². The molecule has 0 unspecified atom stereocenters. The highest BCUT2D eigenvalue weighted by Crippen LogP contribution is 2.26. The van der Waals surface area contributed by atoms with Crippen LogP contribution in [-0.4, -0.2) is 78.4 Å². The number of hydrogen-bond donors (Lipinski definition) is 1. The Labute approximate surface area is 130 Å². The molecule has 3 atom stereocenters. The molecule has 1 aliphatic heterocycles. The van der Waals surface area contributed by atoms with E-state index in [0.717, 1.165) is 0 Å². The minimum atomic E-state index is -0.904. The molecule has 8 heteroatoms. The van der Waals surface area contributed by atoms with Crippen molar-refractivity contribution in [2.75, 3.05) is 44.8 Å². The van der Waals surface area contributed by atoms with E-state index >= 15 is 0 Å². The van der Waals surface area contributed by atoms with Gasteiger partial charge in [0.25, 0.3) is 0 Å². The van der Waals surface area contributed by atoms with E-state index in [1.54, 1.807) is 6.92 Å². The summed E-state index contributed by atoms with van der Waals surface area (Å²) >= 11 is 0. The largest absolute Gasteiger partial charge is 0.408 e. The average Bonchev–Trinajstić information content (AvgIpc) is 3.02. The molecule has 0 spiro atoms. The smallest absolute Gasteiger partial charge is 0.318 e. The Balaban J connectivity index is 1.89. The molecular weight excluding hydrogens is 291 g/mol. The molecule has 0 aliphatic carbocycles. The van der Waals surface area contributed by atoms with Crippen molar-refractivity contribution in [3.8, 4) is 0 Å². The Hall–Kier alpha value is -1.25. The number of nitrogens with zero attached hydrogens (tertiary/aromatic N) is 4. The van der Waals surface area contributed by atoms with Gasteiger partial charge in [-0.15, -0.1) is 5.10 Å². The molecule has 0 amide bonds. The maximum absolute atomic E-state index is 13.8. The molecule has 1 fully saturated rings. The summed E-state index contributed by atoms with van der Waals surface area (Å²) in [6.07, 6.45) is -1.03. The average molecular weight is 316 g/mol. The van der Waals surface area contributed by atoms with Crippen LogP contribution in [0.25, 0.3) is 0 Å². The Kier molecular flexibility index (Phi) is 6.10. The van der Waals surface area contributed by atoms with Crippen molar-refractivity contribution >= 4 is 6.01 Å². The molecule has 7 nitrogen and oxygen atoms in total. The monoisotopic (exact) mass is 316 g/mol. The zero-order valence-electron chi connectivity index (χ0n) is 13.4. The van der Waals surface area contributed by atoms with Crippen molar-refractivity contribution in [3.05, 3.63) is 5.89 Å². The number of aliphatic hydroxyl groups is 1. The lowest BCUT2D eigenvalue weighted by Crippen LogP contribution is -2.42. The summed E-state index contributed by atoms with van der Waals surface area (Å²) in [5.74, 6) is 0.469. The van der Waals surface area contributed by atoms with Crippen LogP contribution in [0.3, 0.4) is 0 Å². The first-order valence-electron chi connectivity index (χ1n) is 7.64. The molecule has 0 bridgehead atoms. The van der Waals surface area contributed by atoms with Crippen LogP contribution in [0.4, 0.5) is 10.4 Å². The van der Waals surface area contributed by atoms with Gasteiger partial charge >= 0.3 is 6.01 Å². The topological polar surface area (TPSA) is 74.9 Å². The number of alkyl halides is 1. The minimum Gasteiger partial charge on any atom is -0.408 e. The zero-order chi connectivity index (χ0) is 16.1. The fraction of sp³-hybridized carbons (Fsp3) is 0.857. The van der Waals surface area contributed by atoms with Crippen molar-refractivity contribution in [1.29, 1.82) is 0 Å². The summed E-state index contributed by atoms with van der Waals surface area (Å²) in [5.41, 5.74) is 0. The minimum absolute atomic E-state index is 0.0425. The van der Waals surface area contributed by atoms with Crippen LogP contribution in [0, 0.1) is 6.92 Å². The Morgan fingerprint density at radius 1 is 1.55 bits per heavy atom. The predicted octanol–water partition coefficient (Wildman–Crippen LogP) is 0.624. The van der Waals surface area contributed by atoms with E-state index in [-0.39, 0.29) is 12.6 Å². The molecule has 2 rings (SSSR count). The normalized spacial score (nSPS) is 23.5. The molecule has 0 aromatic carbocycles. The third-order valence-corrected chi connectivity index (χ3v) is 3.68. The van der Waals surface area contributed by atoms with E-state index in [4.69, 9.17) is 9.15 Å². The van der Waals surface area contributed by atoms with E-state index in [1.807, 2.05) is 23.8 Å². The van der Waals surface area contributed by atoms with Gasteiger partial charge in [-0.05, 0) is 14.0 Å². The third kappa shape index (κ3) is 4.62. The molecular formula is C14H25FN4O3. The summed E-state index contributed by atoms with van der Waals surface area (Å²) in [6.45, 7) is 5.85. The van der Waals surface area contributed by atoms with Gasteiger partial charge < -0.3 is 24.1 Å². The first kappa shape index (κ1) is 17.1. The highest BCUT2D eigenvalue weighted by Gasteiger charge is 2.35. The molecule has 0 radical (unpaired) electrons. The van der Waals surface area contributed by atoms with E-state index < -0.39 is 12.3 Å². The number of likely N-dealkylation sites (N-methyl/N-ethyl adjacent to an activating group) is 1. The second kappa shape index (κ2) is 7.85. The van der Waals surface area contributed by atoms with Crippen molar-refractivity contribution in [2.45, 2.75) is 38.6 Å². The molecule has 22 heavy (non-hydrogen) atoms. The fourth-order valence-corrected chi connectivity index (χ4v) is 2.77. The molecule has 1 saturated heterocycles. The number of aromatic nitrogens is 2. The fourth-order valence-electron chi connectivity index (χ4n) is 2.77. The SMILES string of the molecule is CCOC[C@@H](O)CN(C)C[C@@H]1C[C@H](F)CN1c1nnc(C)o1. The maximum atomic E-state index is 13.8. The molecule has 1 aromatic heterocycles. The predicted molar refractivity (Wildman–Crippen MR) is 79.7 cm³/mol. The van der Waals surface area contributed by atoms with Crippen molar-refractivity contribution in [3.63, 3.8) is 0 Å².